The standard InChI is InChI=1S/C22H21N3O4S/c1-13(2)16-12-17(14(3)11-19(16)26)23-22-24-21(27)20(30-22)10-6-8-15-7-4-5-9-18(15)25(28)29/h4-13,26H,1-3H3,(H,23,24,27)/b8-6+,20-10-. The van der Waals surface area contributed by atoms with Crippen LogP contribution in [0.15, 0.2) is 58.4 Å². The van der Waals surface area contributed by atoms with Crippen LogP contribution in [0.25, 0.3) is 6.08 Å². The largest absolute Gasteiger partial charge is 0.508 e. The van der Waals surface area contributed by atoms with Gasteiger partial charge in [0, 0.05) is 6.07 Å². The van der Waals surface area contributed by atoms with E-state index in [0.29, 0.717) is 21.3 Å². The molecule has 0 bridgehead atoms. The number of nitro groups is 1. The average molecular weight is 423 g/mol. The summed E-state index contributed by atoms with van der Waals surface area (Å²) in [6.45, 7) is 5.81. The number of para-hydroxylation sites is 1. The molecule has 1 aliphatic rings. The van der Waals surface area contributed by atoms with Crippen molar-refractivity contribution in [3.8, 4) is 5.75 Å². The molecule has 1 aliphatic heterocycles. The highest BCUT2D eigenvalue weighted by Gasteiger charge is 2.23. The number of carbonyl (C=O) groups excluding carboxylic acids is 1. The Bertz CT molecular complexity index is 1100. The second kappa shape index (κ2) is 8.96. The number of carbonyl (C=O) groups is 1. The third-order valence-corrected chi connectivity index (χ3v) is 5.43. The minimum atomic E-state index is -0.444. The number of nitrogens with zero attached hydrogens (tertiary/aromatic N) is 2. The fourth-order valence-electron chi connectivity index (χ4n) is 2.92. The Hall–Kier alpha value is -3.39. The van der Waals surface area contributed by atoms with Gasteiger partial charge in [-0.25, -0.2) is 4.99 Å². The fourth-order valence-corrected chi connectivity index (χ4v) is 3.71. The summed E-state index contributed by atoms with van der Waals surface area (Å²) in [6.07, 6.45) is 4.80. The maximum Gasteiger partial charge on any atom is 0.276 e. The van der Waals surface area contributed by atoms with Crippen molar-refractivity contribution in [2.24, 2.45) is 4.99 Å². The highest BCUT2D eigenvalue weighted by atomic mass is 32.2. The normalized spacial score (nSPS) is 16.7. The first-order chi connectivity index (χ1) is 14.3. The van der Waals surface area contributed by atoms with Crippen molar-refractivity contribution in [1.29, 1.82) is 0 Å². The second-order valence-corrected chi connectivity index (χ2v) is 8.06. The Morgan fingerprint density at radius 1 is 1.27 bits per heavy atom. The lowest BCUT2D eigenvalue weighted by Gasteiger charge is -2.11. The number of hydrogen-bond donors (Lipinski definition) is 2. The molecule has 8 heteroatoms. The summed E-state index contributed by atoms with van der Waals surface area (Å²) in [4.78, 5) is 27.8. The molecule has 2 N–H and O–H groups in total. The van der Waals surface area contributed by atoms with Gasteiger partial charge in [-0.2, -0.15) is 0 Å². The van der Waals surface area contributed by atoms with Crippen LogP contribution >= 0.6 is 11.8 Å². The van der Waals surface area contributed by atoms with Crippen molar-refractivity contribution in [3.05, 3.63) is 80.3 Å². The van der Waals surface area contributed by atoms with Crippen LogP contribution in [0.1, 0.15) is 36.5 Å². The summed E-state index contributed by atoms with van der Waals surface area (Å²) < 4.78 is 0. The van der Waals surface area contributed by atoms with Crippen LogP contribution in [0.5, 0.6) is 5.75 Å². The van der Waals surface area contributed by atoms with Crippen LogP contribution in [0.2, 0.25) is 0 Å². The van der Waals surface area contributed by atoms with Gasteiger partial charge in [-0.15, -0.1) is 0 Å². The summed E-state index contributed by atoms with van der Waals surface area (Å²) in [5.41, 5.74) is 2.72. The van der Waals surface area contributed by atoms with E-state index in [-0.39, 0.29) is 23.3 Å². The van der Waals surface area contributed by atoms with Gasteiger partial charge in [-0.1, -0.05) is 32.1 Å². The van der Waals surface area contributed by atoms with Crippen molar-refractivity contribution >= 4 is 40.3 Å². The maximum atomic E-state index is 12.2. The molecule has 1 saturated heterocycles. The molecule has 30 heavy (non-hydrogen) atoms. The molecule has 0 saturated carbocycles. The van der Waals surface area contributed by atoms with Gasteiger partial charge in [0.05, 0.1) is 21.1 Å². The summed E-state index contributed by atoms with van der Waals surface area (Å²) in [6, 6.07) is 9.88. The van der Waals surface area contributed by atoms with E-state index in [0.717, 1.165) is 11.1 Å². The molecule has 0 atom stereocenters. The number of amides is 1. The van der Waals surface area contributed by atoms with Gasteiger partial charge in [-0.05, 0) is 66.1 Å². The average Bonchev–Trinajstić information content (AvgIpc) is 3.03. The van der Waals surface area contributed by atoms with Crippen LogP contribution in [-0.2, 0) is 4.79 Å². The summed E-state index contributed by atoms with van der Waals surface area (Å²) in [7, 11) is 0. The number of aliphatic imine (C=N–C) groups is 1. The number of aryl methyl sites for hydroxylation is 1. The van der Waals surface area contributed by atoms with E-state index in [4.69, 9.17) is 0 Å². The molecule has 3 rings (SSSR count). The Morgan fingerprint density at radius 2 is 2.00 bits per heavy atom. The Labute approximate surface area is 178 Å². The van der Waals surface area contributed by atoms with Gasteiger partial charge in [0.1, 0.15) is 5.75 Å². The highest BCUT2D eigenvalue weighted by Crippen LogP contribution is 2.34. The van der Waals surface area contributed by atoms with Crippen molar-refractivity contribution in [3.63, 3.8) is 0 Å². The number of aromatic hydroxyl groups is 1. The first kappa shape index (κ1) is 21.3. The lowest BCUT2D eigenvalue weighted by molar-refractivity contribution is -0.385. The van der Waals surface area contributed by atoms with E-state index in [2.05, 4.69) is 10.3 Å². The number of phenolic OH excluding ortho intramolecular Hbond substituents is 1. The summed E-state index contributed by atoms with van der Waals surface area (Å²) >= 11 is 1.19. The molecule has 0 aliphatic carbocycles. The van der Waals surface area contributed by atoms with Gasteiger partial charge in [0.25, 0.3) is 11.6 Å². The third-order valence-electron chi connectivity index (χ3n) is 4.50. The first-order valence-electron chi connectivity index (χ1n) is 9.29. The van der Waals surface area contributed by atoms with E-state index in [1.165, 1.54) is 17.8 Å². The molecule has 0 unspecified atom stereocenters. The monoisotopic (exact) mass is 423 g/mol. The Morgan fingerprint density at radius 3 is 2.70 bits per heavy atom. The number of benzene rings is 2. The summed E-state index contributed by atoms with van der Waals surface area (Å²) in [5.74, 6) is 0.0831. The molecule has 1 amide bonds. The number of hydrogen-bond acceptors (Lipinski definition) is 6. The predicted molar refractivity (Wildman–Crippen MR) is 120 cm³/mol. The summed E-state index contributed by atoms with van der Waals surface area (Å²) in [5, 5.41) is 24.3. The van der Waals surface area contributed by atoms with Crippen LogP contribution in [0, 0.1) is 17.0 Å². The van der Waals surface area contributed by atoms with E-state index in [9.17, 15) is 20.0 Å². The van der Waals surface area contributed by atoms with Crippen LogP contribution in [-0.4, -0.2) is 21.1 Å². The number of nitrogens with one attached hydrogen (secondary N) is 1. The topological polar surface area (TPSA) is 105 Å². The van der Waals surface area contributed by atoms with Gasteiger partial charge >= 0.3 is 0 Å². The zero-order valence-electron chi connectivity index (χ0n) is 16.7. The molecule has 154 valence electrons. The second-order valence-electron chi connectivity index (χ2n) is 7.03. The van der Waals surface area contributed by atoms with Crippen LogP contribution in [0.4, 0.5) is 11.4 Å². The number of thioether (sulfide) groups is 1. The zero-order chi connectivity index (χ0) is 21.8. The third kappa shape index (κ3) is 4.77. The zero-order valence-corrected chi connectivity index (χ0v) is 17.6. The molecular weight excluding hydrogens is 402 g/mol. The van der Waals surface area contributed by atoms with Crippen molar-refractivity contribution in [2.75, 3.05) is 0 Å². The predicted octanol–water partition coefficient (Wildman–Crippen LogP) is 5.18. The first-order valence-corrected chi connectivity index (χ1v) is 10.1. The van der Waals surface area contributed by atoms with E-state index in [1.807, 2.05) is 26.8 Å². The molecule has 0 radical (unpaired) electrons. The molecule has 0 aromatic heterocycles. The van der Waals surface area contributed by atoms with Crippen molar-refractivity contribution < 1.29 is 14.8 Å². The maximum absolute atomic E-state index is 12.2. The van der Waals surface area contributed by atoms with Crippen molar-refractivity contribution in [1.82, 2.24) is 5.32 Å². The minimum Gasteiger partial charge on any atom is -0.508 e. The van der Waals surface area contributed by atoms with Gasteiger partial charge < -0.3 is 10.4 Å². The lowest BCUT2D eigenvalue weighted by Crippen LogP contribution is -2.19. The number of amidine groups is 1. The van der Waals surface area contributed by atoms with Crippen molar-refractivity contribution in [2.45, 2.75) is 26.7 Å². The number of allylic oxidation sites excluding steroid dienone is 2. The molecule has 2 aromatic carbocycles. The van der Waals surface area contributed by atoms with E-state index >= 15 is 0 Å². The number of nitro benzene ring substituents is 1. The van der Waals surface area contributed by atoms with Gasteiger partial charge in [0.15, 0.2) is 5.17 Å². The SMILES string of the molecule is Cc1cc(O)c(C(C)C)cc1N=C1NC(=O)/C(=C/C=C/c2ccccc2[N+](=O)[O-])S1. The van der Waals surface area contributed by atoms with E-state index in [1.54, 1.807) is 42.5 Å². The van der Waals surface area contributed by atoms with E-state index < -0.39 is 4.92 Å². The number of phenols is 1. The molecule has 0 spiro atoms. The van der Waals surface area contributed by atoms with Gasteiger partial charge in [0.2, 0.25) is 0 Å². The Kier molecular flexibility index (Phi) is 6.37. The van der Waals surface area contributed by atoms with Crippen LogP contribution in [0.3, 0.4) is 0 Å². The minimum absolute atomic E-state index is 0.00157. The molecular formula is C22H21N3O4S. The molecule has 1 heterocycles. The number of rotatable bonds is 5. The van der Waals surface area contributed by atoms with Crippen LogP contribution < -0.4 is 5.32 Å². The molecule has 1 fully saturated rings. The Balaban J connectivity index is 1.82. The molecule has 2 aromatic rings. The molecule has 7 nitrogen and oxygen atoms in total. The lowest BCUT2D eigenvalue weighted by atomic mass is 9.99. The highest BCUT2D eigenvalue weighted by molar-refractivity contribution is 8.18. The smallest absolute Gasteiger partial charge is 0.276 e. The van der Waals surface area contributed by atoms with Gasteiger partial charge in [-0.3, -0.25) is 14.9 Å². The fraction of sp³-hybridized carbons (Fsp3) is 0.182. The quantitative estimate of drug-likeness (QED) is 0.392.